The van der Waals surface area contributed by atoms with Gasteiger partial charge in [-0.2, -0.15) is 5.10 Å². The maximum absolute atomic E-state index is 5.59. The Morgan fingerprint density at radius 3 is 2.00 bits per heavy atom. The highest BCUT2D eigenvalue weighted by Gasteiger charge is 2.20. The van der Waals surface area contributed by atoms with Gasteiger partial charge in [0.1, 0.15) is 17.0 Å². The predicted octanol–water partition coefficient (Wildman–Crippen LogP) is 4.81. The Bertz CT molecular complexity index is 1560. The Labute approximate surface area is 245 Å². The van der Waals surface area contributed by atoms with E-state index in [9.17, 15) is 0 Å². The van der Waals surface area contributed by atoms with Gasteiger partial charge in [0.2, 0.25) is 5.95 Å². The van der Waals surface area contributed by atoms with Gasteiger partial charge in [0.15, 0.2) is 5.82 Å². The SMILES string of the molecule is CCc1cc2c(N3CCOCC3)nc(-c3cnc(N(Cc4ccc(OC)cc4)Cc4ccc(OC)cc4)nc3)cn2n1. The van der Waals surface area contributed by atoms with Gasteiger partial charge in [-0.3, -0.25) is 0 Å². The number of methoxy groups -OCH3 is 2. The molecule has 10 heteroatoms. The second kappa shape index (κ2) is 12.4. The molecular weight excluding hydrogens is 530 g/mol. The number of nitrogens with zero attached hydrogens (tertiary/aromatic N) is 7. The number of benzene rings is 2. The molecule has 0 spiro atoms. The van der Waals surface area contributed by atoms with Crippen molar-refractivity contribution >= 4 is 17.3 Å². The molecule has 0 N–H and O–H groups in total. The average molecular weight is 566 g/mol. The van der Waals surface area contributed by atoms with E-state index in [1.54, 1.807) is 14.2 Å². The Balaban J connectivity index is 1.32. The van der Waals surface area contributed by atoms with Crippen molar-refractivity contribution in [2.75, 3.05) is 50.3 Å². The molecule has 10 nitrogen and oxygen atoms in total. The first-order valence-electron chi connectivity index (χ1n) is 14.2. The van der Waals surface area contributed by atoms with Gasteiger partial charge in [0, 0.05) is 44.1 Å². The molecule has 1 aliphatic heterocycles. The molecule has 1 aliphatic rings. The summed E-state index contributed by atoms with van der Waals surface area (Å²) in [6.07, 6.45) is 6.51. The van der Waals surface area contributed by atoms with E-state index in [0.717, 1.165) is 70.4 Å². The van der Waals surface area contributed by atoms with Crippen molar-refractivity contribution in [1.29, 1.82) is 0 Å². The van der Waals surface area contributed by atoms with Crippen molar-refractivity contribution in [2.24, 2.45) is 0 Å². The van der Waals surface area contributed by atoms with Crippen LogP contribution in [0.15, 0.2) is 73.2 Å². The second-order valence-electron chi connectivity index (χ2n) is 10.2. The molecule has 0 unspecified atom stereocenters. The summed E-state index contributed by atoms with van der Waals surface area (Å²) >= 11 is 0. The van der Waals surface area contributed by atoms with Crippen molar-refractivity contribution in [3.05, 3.63) is 90.0 Å². The molecule has 6 rings (SSSR count). The van der Waals surface area contributed by atoms with E-state index in [1.165, 1.54) is 0 Å². The number of aryl methyl sites for hydroxylation is 1. The van der Waals surface area contributed by atoms with Crippen LogP contribution in [-0.2, 0) is 24.2 Å². The lowest BCUT2D eigenvalue weighted by Crippen LogP contribution is -2.37. The molecule has 1 saturated heterocycles. The van der Waals surface area contributed by atoms with Crippen LogP contribution in [0, 0.1) is 0 Å². The summed E-state index contributed by atoms with van der Waals surface area (Å²) in [6.45, 7) is 6.33. The van der Waals surface area contributed by atoms with Crippen molar-refractivity contribution in [3.63, 3.8) is 0 Å². The van der Waals surface area contributed by atoms with Crippen LogP contribution < -0.4 is 19.3 Å². The first-order valence-corrected chi connectivity index (χ1v) is 14.2. The minimum absolute atomic E-state index is 0.632. The average Bonchev–Trinajstić information content (AvgIpc) is 3.49. The molecule has 42 heavy (non-hydrogen) atoms. The number of fused-ring (bicyclic) bond motifs is 1. The summed E-state index contributed by atoms with van der Waals surface area (Å²) in [5.74, 6) is 3.19. The van der Waals surface area contributed by atoms with Gasteiger partial charge < -0.3 is 24.0 Å². The molecule has 1 fully saturated rings. The van der Waals surface area contributed by atoms with Crippen molar-refractivity contribution < 1.29 is 14.2 Å². The topological polar surface area (TPSA) is 90.1 Å². The van der Waals surface area contributed by atoms with E-state index in [4.69, 9.17) is 34.3 Å². The van der Waals surface area contributed by atoms with Crippen LogP contribution in [-0.4, -0.2) is 65.1 Å². The summed E-state index contributed by atoms with van der Waals surface area (Å²) < 4.78 is 18.2. The van der Waals surface area contributed by atoms with Crippen LogP contribution in [0.1, 0.15) is 23.7 Å². The van der Waals surface area contributed by atoms with E-state index < -0.39 is 0 Å². The van der Waals surface area contributed by atoms with E-state index >= 15 is 0 Å². The minimum Gasteiger partial charge on any atom is -0.497 e. The molecule has 0 radical (unpaired) electrons. The number of morpholine rings is 1. The summed E-state index contributed by atoms with van der Waals surface area (Å²) in [5, 5.41) is 4.79. The van der Waals surface area contributed by atoms with Crippen molar-refractivity contribution in [2.45, 2.75) is 26.4 Å². The smallest absolute Gasteiger partial charge is 0.225 e. The standard InChI is InChI=1S/C32H35N7O3/c1-4-26-17-30-31(37-13-15-42-16-14-37)35-29(22-39(30)36-26)25-18-33-32(34-19-25)38(20-23-5-9-27(40-2)10-6-23)21-24-7-11-28(41-3)12-8-24/h5-12,17-19,22H,4,13-16,20-21H2,1-3H3. The number of hydrogen-bond acceptors (Lipinski definition) is 9. The van der Waals surface area contributed by atoms with E-state index in [1.807, 2.05) is 47.4 Å². The van der Waals surface area contributed by atoms with Crippen LogP contribution >= 0.6 is 0 Å². The van der Waals surface area contributed by atoms with E-state index in [0.29, 0.717) is 32.3 Å². The molecule has 216 valence electrons. The number of hydrogen-bond donors (Lipinski definition) is 0. The highest BCUT2D eigenvalue weighted by molar-refractivity contribution is 5.73. The second-order valence-corrected chi connectivity index (χ2v) is 10.2. The Morgan fingerprint density at radius 2 is 1.45 bits per heavy atom. The van der Waals surface area contributed by atoms with Crippen molar-refractivity contribution in [3.8, 4) is 22.8 Å². The van der Waals surface area contributed by atoms with E-state index in [-0.39, 0.29) is 0 Å². The van der Waals surface area contributed by atoms with Crippen LogP contribution in [0.25, 0.3) is 16.8 Å². The van der Waals surface area contributed by atoms with Gasteiger partial charge in [0.25, 0.3) is 0 Å². The third-order valence-corrected chi connectivity index (χ3v) is 7.44. The lowest BCUT2D eigenvalue weighted by Gasteiger charge is -2.28. The predicted molar refractivity (Wildman–Crippen MR) is 162 cm³/mol. The highest BCUT2D eigenvalue weighted by Crippen LogP contribution is 2.27. The zero-order valence-corrected chi connectivity index (χ0v) is 24.2. The largest absolute Gasteiger partial charge is 0.497 e. The van der Waals surface area contributed by atoms with Crippen LogP contribution in [0.5, 0.6) is 11.5 Å². The van der Waals surface area contributed by atoms with Crippen LogP contribution in [0.2, 0.25) is 0 Å². The molecule has 3 aromatic heterocycles. The third-order valence-electron chi connectivity index (χ3n) is 7.44. The molecule has 5 aromatic rings. The summed E-state index contributed by atoms with van der Waals surface area (Å²) in [4.78, 5) is 19.1. The van der Waals surface area contributed by atoms with Gasteiger partial charge in [-0.15, -0.1) is 0 Å². The third kappa shape index (κ3) is 5.99. The highest BCUT2D eigenvalue weighted by atomic mass is 16.5. The lowest BCUT2D eigenvalue weighted by atomic mass is 10.1. The maximum atomic E-state index is 5.59. The fourth-order valence-electron chi connectivity index (χ4n) is 5.06. The summed E-state index contributed by atoms with van der Waals surface area (Å²) in [5.41, 5.74) is 5.90. The van der Waals surface area contributed by atoms with E-state index in [2.05, 4.69) is 47.1 Å². The van der Waals surface area contributed by atoms with Gasteiger partial charge >= 0.3 is 0 Å². The maximum Gasteiger partial charge on any atom is 0.225 e. The Morgan fingerprint density at radius 1 is 0.857 bits per heavy atom. The number of ether oxygens (including phenoxy) is 3. The first-order chi connectivity index (χ1) is 20.6. The summed E-state index contributed by atoms with van der Waals surface area (Å²) in [7, 11) is 3.35. The molecule has 0 amide bonds. The number of aromatic nitrogens is 5. The molecule has 2 aromatic carbocycles. The molecule has 0 atom stereocenters. The van der Waals surface area contributed by atoms with Gasteiger partial charge in [-0.1, -0.05) is 31.2 Å². The fraction of sp³-hybridized carbons (Fsp3) is 0.312. The Kier molecular flexibility index (Phi) is 8.14. The van der Waals surface area contributed by atoms with Crippen molar-refractivity contribution in [1.82, 2.24) is 24.6 Å². The number of anilines is 2. The molecule has 4 heterocycles. The zero-order chi connectivity index (χ0) is 28.9. The zero-order valence-electron chi connectivity index (χ0n) is 24.2. The van der Waals surface area contributed by atoms with Crippen LogP contribution in [0.4, 0.5) is 11.8 Å². The first kappa shape index (κ1) is 27.5. The summed E-state index contributed by atoms with van der Waals surface area (Å²) in [6, 6.07) is 18.3. The molecule has 0 saturated carbocycles. The van der Waals surface area contributed by atoms with Gasteiger partial charge in [-0.25, -0.2) is 19.5 Å². The minimum atomic E-state index is 0.632. The van der Waals surface area contributed by atoms with Gasteiger partial charge in [0.05, 0.1) is 45.0 Å². The molecule has 0 bridgehead atoms. The molecular formula is C32H35N7O3. The fourth-order valence-corrected chi connectivity index (χ4v) is 5.06. The quantitative estimate of drug-likeness (QED) is 0.237. The monoisotopic (exact) mass is 565 g/mol. The Hall–Kier alpha value is -4.70. The van der Waals surface area contributed by atoms with Gasteiger partial charge in [-0.05, 0) is 47.9 Å². The number of rotatable bonds is 10. The van der Waals surface area contributed by atoms with Crippen LogP contribution in [0.3, 0.4) is 0 Å². The normalized spacial score (nSPS) is 13.4. The molecule has 0 aliphatic carbocycles. The lowest BCUT2D eigenvalue weighted by molar-refractivity contribution is 0.122.